The zero-order valence-corrected chi connectivity index (χ0v) is 9.62. The van der Waals surface area contributed by atoms with Crippen LogP contribution in [-0.4, -0.2) is 15.2 Å². The molecule has 0 aliphatic carbocycles. The third-order valence-electron chi connectivity index (χ3n) is 2.32. The molecule has 0 aliphatic heterocycles. The molecule has 0 amide bonds. The number of benzene rings is 1. The number of hydrogen-bond acceptors (Lipinski definition) is 5. The highest BCUT2D eigenvalue weighted by molar-refractivity contribution is 6.31. The highest BCUT2D eigenvalue weighted by Gasteiger charge is 2.20. The Balaban J connectivity index is 2.65. The summed E-state index contributed by atoms with van der Waals surface area (Å²) in [6.07, 6.45) is 0. The Bertz CT molecular complexity index is 545. The molecule has 0 radical (unpaired) electrons. The van der Waals surface area contributed by atoms with Gasteiger partial charge in [-0.2, -0.15) is 4.98 Å². The van der Waals surface area contributed by atoms with Gasteiger partial charge in [0.05, 0.1) is 12.1 Å². The molecular weight excluding hydrogens is 249 g/mol. The van der Waals surface area contributed by atoms with E-state index in [-0.39, 0.29) is 28.8 Å². The van der Waals surface area contributed by atoms with Gasteiger partial charge in [0.1, 0.15) is 0 Å². The molecule has 0 aliphatic rings. The van der Waals surface area contributed by atoms with Crippen molar-refractivity contribution in [2.24, 2.45) is 5.73 Å². The first-order valence-electron chi connectivity index (χ1n) is 4.75. The molecule has 2 aromatic rings. The number of phenolic OH excluding ortho intramolecular Hbond substituents is 1. The quantitative estimate of drug-likeness (QED) is 0.859. The SMILES string of the molecule is Cc1c(Cl)cc(F)c(O)c1-c1noc(CN)n1. The lowest BCUT2D eigenvalue weighted by atomic mass is 10.1. The molecule has 1 aromatic carbocycles. The largest absolute Gasteiger partial charge is 0.504 e. The molecule has 2 rings (SSSR count). The van der Waals surface area contributed by atoms with E-state index in [1.165, 1.54) is 0 Å². The Hall–Kier alpha value is -1.66. The number of halogens is 2. The molecule has 0 saturated carbocycles. The molecule has 90 valence electrons. The lowest BCUT2D eigenvalue weighted by molar-refractivity contribution is 0.380. The van der Waals surface area contributed by atoms with E-state index in [0.717, 1.165) is 6.07 Å². The molecule has 0 fully saturated rings. The van der Waals surface area contributed by atoms with Gasteiger partial charge in [-0.1, -0.05) is 16.8 Å². The standard InChI is InChI=1S/C10H9ClFN3O2/c1-4-5(11)2-6(12)9(16)8(4)10-14-7(3-13)17-15-10/h2,16H,3,13H2,1H3. The monoisotopic (exact) mass is 257 g/mol. The molecule has 17 heavy (non-hydrogen) atoms. The average molecular weight is 258 g/mol. The van der Waals surface area contributed by atoms with Gasteiger partial charge in [-0.05, 0) is 18.6 Å². The topological polar surface area (TPSA) is 85.2 Å². The van der Waals surface area contributed by atoms with E-state index in [1.54, 1.807) is 6.92 Å². The summed E-state index contributed by atoms with van der Waals surface area (Å²) in [6.45, 7) is 1.69. The molecule has 5 nitrogen and oxygen atoms in total. The Morgan fingerprint density at radius 1 is 1.59 bits per heavy atom. The van der Waals surface area contributed by atoms with Crippen LogP contribution in [0.3, 0.4) is 0 Å². The van der Waals surface area contributed by atoms with E-state index in [2.05, 4.69) is 10.1 Å². The summed E-state index contributed by atoms with van der Waals surface area (Å²) >= 11 is 5.82. The molecule has 1 aromatic heterocycles. The van der Waals surface area contributed by atoms with Crippen LogP contribution in [0.15, 0.2) is 10.6 Å². The van der Waals surface area contributed by atoms with Crippen LogP contribution < -0.4 is 5.73 Å². The van der Waals surface area contributed by atoms with Crippen molar-refractivity contribution in [2.45, 2.75) is 13.5 Å². The van der Waals surface area contributed by atoms with E-state index in [9.17, 15) is 9.50 Å². The van der Waals surface area contributed by atoms with Crippen LogP contribution in [0.25, 0.3) is 11.4 Å². The average Bonchev–Trinajstić information content (AvgIpc) is 2.75. The van der Waals surface area contributed by atoms with Gasteiger partial charge in [0.15, 0.2) is 11.6 Å². The Morgan fingerprint density at radius 3 is 2.88 bits per heavy atom. The smallest absolute Gasteiger partial charge is 0.240 e. The van der Waals surface area contributed by atoms with E-state index in [0.29, 0.717) is 5.56 Å². The van der Waals surface area contributed by atoms with E-state index >= 15 is 0 Å². The number of aromatic nitrogens is 2. The lowest BCUT2D eigenvalue weighted by Gasteiger charge is -2.07. The van der Waals surface area contributed by atoms with Crippen molar-refractivity contribution in [3.05, 3.63) is 28.4 Å². The van der Waals surface area contributed by atoms with Gasteiger partial charge in [-0.3, -0.25) is 0 Å². The fourth-order valence-electron chi connectivity index (χ4n) is 1.42. The molecule has 0 saturated heterocycles. The van der Waals surface area contributed by atoms with Crippen molar-refractivity contribution in [3.63, 3.8) is 0 Å². The van der Waals surface area contributed by atoms with Crippen LogP contribution in [0.2, 0.25) is 5.02 Å². The number of rotatable bonds is 2. The van der Waals surface area contributed by atoms with Gasteiger partial charge in [-0.25, -0.2) is 4.39 Å². The lowest BCUT2D eigenvalue weighted by Crippen LogP contribution is -1.96. The van der Waals surface area contributed by atoms with Gasteiger partial charge >= 0.3 is 0 Å². The number of aromatic hydroxyl groups is 1. The Kier molecular flexibility index (Phi) is 2.99. The van der Waals surface area contributed by atoms with Crippen LogP contribution in [0.1, 0.15) is 11.5 Å². The van der Waals surface area contributed by atoms with E-state index in [4.69, 9.17) is 21.9 Å². The fourth-order valence-corrected chi connectivity index (χ4v) is 1.61. The minimum atomic E-state index is -0.838. The number of phenols is 1. The molecule has 3 N–H and O–H groups in total. The molecule has 0 atom stereocenters. The number of nitrogens with zero attached hydrogens (tertiary/aromatic N) is 2. The van der Waals surface area contributed by atoms with Crippen LogP contribution >= 0.6 is 11.6 Å². The van der Waals surface area contributed by atoms with Gasteiger partial charge in [0.2, 0.25) is 11.7 Å². The second kappa shape index (κ2) is 4.31. The third kappa shape index (κ3) is 1.96. The van der Waals surface area contributed by atoms with Crippen molar-refractivity contribution in [1.82, 2.24) is 10.1 Å². The minimum absolute atomic E-state index is 0.0573. The summed E-state index contributed by atoms with van der Waals surface area (Å²) in [4.78, 5) is 3.91. The number of nitrogens with two attached hydrogens (primary N) is 1. The molecule has 7 heteroatoms. The maximum atomic E-state index is 13.3. The van der Waals surface area contributed by atoms with Crippen LogP contribution in [0.5, 0.6) is 5.75 Å². The van der Waals surface area contributed by atoms with E-state index in [1.807, 2.05) is 0 Å². The number of hydrogen-bond donors (Lipinski definition) is 2. The summed E-state index contributed by atoms with van der Waals surface area (Å²) < 4.78 is 18.1. The molecule has 1 heterocycles. The normalized spacial score (nSPS) is 10.8. The first kappa shape index (κ1) is 11.8. The van der Waals surface area contributed by atoms with Gasteiger partial charge in [0, 0.05) is 5.02 Å². The summed E-state index contributed by atoms with van der Waals surface area (Å²) in [5, 5.41) is 13.4. The van der Waals surface area contributed by atoms with Gasteiger partial charge in [0.25, 0.3) is 0 Å². The predicted octanol–water partition coefficient (Wildman–Crippen LogP) is 2.00. The summed E-state index contributed by atoms with van der Waals surface area (Å²) in [5.74, 6) is -1.15. The zero-order valence-electron chi connectivity index (χ0n) is 8.87. The first-order valence-corrected chi connectivity index (χ1v) is 5.13. The minimum Gasteiger partial charge on any atom is -0.504 e. The fraction of sp³-hybridized carbons (Fsp3) is 0.200. The third-order valence-corrected chi connectivity index (χ3v) is 2.71. The molecule has 0 spiro atoms. The summed E-state index contributed by atoms with van der Waals surface area (Å²) in [6, 6.07) is 1.03. The molecule has 0 unspecified atom stereocenters. The van der Waals surface area contributed by atoms with E-state index < -0.39 is 11.6 Å². The van der Waals surface area contributed by atoms with Crippen molar-refractivity contribution < 1.29 is 14.0 Å². The summed E-state index contributed by atoms with van der Waals surface area (Å²) in [7, 11) is 0. The van der Waals surface area contributed by atoms with Crippen molar-refractivity contribution in [1.29, 1.82) is 0 Å². The molecule has 0 bridgehead atoms. The van der Waals surface area contributed by atoms with Crippen molar-refractivity contribution >= 4 is 11.6 Å². The summed E-state index contributed by atoms with van der Waals surface area (Å²) in [5.41, 5.74) is 5.90. The maximum absolute atomic E-state index is 13.3. The first-order chi connectivity index (χ1) is 8.04. The second-order valence-corrected chi connectivity index (χ2v) is 3.81. The van der Waals surface area contributed by atoms with Crippen molar-refractivity contribution in [3.8, 4) is 17.1 Å². The zero-order chi connectivity index (χ0) is 12.6. The Labute approximate surface area is 101 Å². The molecular formula is C10H9ClFN3O2. The Morgan fingerprint density at radius 2 is 2.29 bits per heavy atom. The van der Waals surface area contributed by atoms with Crippen LogP contribution in [0.4, 0.5) is 4.39 Å². The second-order valence-electron chi connectivity index (χ2n) is 3.40. The van der Waals surface area contributed by atoms with Crippen molar-refractivity contribution in [2.75, 3.05) is 0 Å². The highest BCUT2D eigenvalue weighted by Crippen LogP contribution is 2.36. The maximum Gasteiger partial charge on any atom is 0.240 e. The van der Waals surface area contributed by atoms with Gasteiger partial charge in [-0.15, -0.1) is 0 Å². The highest BCUT2D eigenvalue weighted by atomic mass is 35.5. The van der Waals surface area contributed by atoms with Crippen LogP contribution in [0, 0.1) is 12.7 Å². The van der Waals surface area contributed by atoms with Gasteiger partial charge < -0.3 is 15.4 Å². The predicted molar refractivity (Wildman–Crippen MR) is 59.0 cm³/mol. The van der Waals surface area contributed by atoms with Crippen LogP contribution in [-0.2, 0) is 6.54 Å².